The number of halogens is 6. The highest BCUT2D eigenvalue weighted by Gasteiger charge is 2.38. The van der Waals surface area contributed by atoms with Crippen LogP contribution in [-0.4, -0.2) is 26.2 Å². The molecule has 0 bridgehead atoms. The summed E-state index contributed by atoms with van der Waals surface area (Å²) in [5.41, 5.74) is -2.32. The van der Waals surface area contributed by atoms with E-state index in [1.54, 1.807) is 7.05 Å². The number of para-hydroxylation sites is 3. The van der Waals surface area contributed by atoms with Crippen molar-refractivity contribution in [3.05, 3.63) is 71.2 Å². The predicted octanol–water partition coefficient (Wildman–Crippen LogP) is 4.98. The summed E-state index contributed by atoms with van der Waals surface area (Å²) < 4.78 is 82.1. The molecule has 174 valence electrons. The highest BCUT2D eigenvalue weighted by Crippen LogP contribution is 2.38. The van der Waals surface area contributed by atoms with E-state index in [0.717, 1.165) is 17.1 Å². The number of nitrogens with zero attached hydrogens (tertiary/aromatic N) is 3. The number of imidazole rings is 1. The third kappa shape index (κ3) is 4.51. The lowest BCUT2D eigenvalue weighted by molar-refractivity contribution is -0.142. The van der Waals surface area contributed by atoms with Crippen molar-refractivity contribution in [2.24, 2.45) is 7.05 Å². The van der Waals surface area contributed by atoms with Crippen LogP contribution in [0.2, 0.25) is 0 Å². The number of pyridine rings is 1. The Labute approximate surface area is 183 Å². The van der Waals surface area contributed by atoms with Gasteiger partial charge in [-0.05, 0) is 29.8 Å². The van der Waals surface area contributed by atoms with Gasteiger partial charge >= 0.3 is 12.4 Å². The molecule has 0 aliphatic heterocycles. The molecule has 2 heterocycles. The van der Waals surface area contributed by atoms with E-state index in [1.165, 1.54) is 6.07 Å². The molecule has 0 aliphatic rings. The molecule has 4 rings (SSSR count). The molecule has 0 radical (unpaired) electrons. The zero-order chi connectivity index (χ0) is 24.0. The van der Waals surface area contributed by atoms with Crippen molar-refractivity contribution in [2.45, 2.75) is 25.0 Å². The fraction of sp³-hybridized carbons (Fsp3) is 0.273. The molecule has 5 nitrogen and oxygen atoms in total. The second kappa shape index (κ2) is 8.31. The number of nitrogens with one attached hydrogen (secondary N) is 1. The molecule has 0 saturated heterocycles. The predicted molar refractivity (Wildman–Crippen MR) is 109 cm³/mol. The van der Waals surface area contributed by atoms with Gasteiger partial charge in [0.15, 0.2) is 0 Å². The van der Waals surface area contributed by atoms with Crippen molar-refractivity contribution in [3.63, 3.8) is 0 Å². The second-order valence-electron chi connectivity index (χ2n) is 7.52. The molecular formula is C22H18F6N4O. The van der Waals surface area contributed by atoms with Gasteiger partial charge in [-0.3, -0.25) is 0 Å². The van der Waals surface area contributed by atoms with Crippen LogP contribution in [0.4, 0.5) is 26.3 Å². The quantitative estimate of drug-likeness (QED) is 0.406. The van der Waals surface area contributed by atoms with Crippen LogP contribution in [-0.2, 0) is 25.9 Å². The second-order valence-corrected chi connectivity index (χ2v) is 7.52. The summed E-state index contributed by atoms with van der Waals surface area (Å²) in [6.07, 6.45) is -11.4. The highest BCUT2D eigenvalue weighted by atomic mass is 19.4. The van der Waals surface area contributed by atoms with Crippen LogP contribution in [0.3, 0.4) is 0 Å². The Morgan fingerprint density at radius 3 is 2.36 bits per heavy atom. The minimum absolute atomic E-state index is 0.186. The van der Waals surface area contributed by atoms with E-state index in [1.807, 2.05) is 28.8 Å². The molecule has 33 heavy (non-hydrogen) atoms. The fourth-order valence-electron chi connectivity index (χ4n) is 3.71. The smallest absolute Gasteiger partial charge is 0.387 e. The Morgan fingerprint density at radius 1 is 0.970 bits per heavy atom. The first-order valence-corrected chi connectivity index (χ1v) is 9.84. The van der Waals surface area contributed by atoms with Crippen LogP contribution in [0, 0.1) is 0 Å². The van der Waals surface area contributed by atoms with E-state index in [-0.39, 0.29) is 24.0 Å². The molecule has 1 atom stereocenters. The molecule has 1 unspecified atom stereocenters. The molecular weight excluding hydrogens is 450 g/mol. The maximum Gasteiger partial charge on any atom is 0.433 e. The zero-order valence-electron chi connectivity index (χ0n) is 17.2. The SMILES string of the molecule is Cn1c(CNCC(O)c2cc(C(F)(F)F)nc3c(C(F)(F)F)cccc23)nc2ccccc21. The Balaban J connectivity index is 1.65. The van der Waals surface area contributed by atoms with Crippen molar-refractivity contribution in [2.75, 3.05) is 6.54 Å². The number of aromatic nitrogens is 3. The van der Waals surface area contributed by atoms with Crippen LogP contribution in [0.1, 0.15) is 28.7 Å². The molecule has 0 spiro atoms. The summed E-state index contributed by atoms with van der Waals surface area (Å²) in [6.45, 7) is -0.0267. The van der Waals surface area contributed by atoms with Crippen LogP contribution in [0.25, 0.3) is 21.9 Å². The van der Waals surface area contributed by atoms with Crippen molar-refractivity contribution >= 4 is 21.9 Å². The summed E-state index contributed by atoms with van der Waals surface area (Å²) in [5.74, 6) is 0.623. The van der Waals surface area contributed by atoms with Gasteiger partial charge in [0.25, 0.3) is 0 Å². The number of aryl methyl sites for hydroxylation is 1. The van der Waals surface area contributed by atoms with Gasteiger partial charge in [0.05, 0.1) is 34.8 Å². The van der Waals surface area contributed by atoms with E-state index in [2.05, 4.69) is 15.3 Å². The average Bonchev–Trinajstić information content (AvgIpc) is 3.07. The first-order valence-electron chi connectivity index (χ1n) is 9.84. The van der Waals surface area contributed by atoms with Crippen molar-refractivity contribution in [3.8, 4) is 0 Å². The third-order valence-electron chi connectivity index (χ3n) is 5.33. The lowest BCUT2D eigenvalue weighted by Gasteiger charge is -2.19. The number of benzene rings is 2. The number of hydrogen-bond donors (Lipinski definition) is 2. The minimum Gasteiger partial charge on any atom is -0.387 e. The molecule has 11 heteroatoms. The summed E-state index contributed by atoms with van der Waals surface area (Å²) in [6, 6.07) is 10.9. The summed E-state index contributed by atoms with van der Waals surface area (Å²) in [5, 5.41) is 13.3. The van der Waals surface area contributed by atoms with Crippen molar-refractivity contribution < 1.29 is 31.4 Å². The van der Waals surface area contributed by atoms with Gasteiger partial charge in [-0.25, -0.2) is 9.97 Å². The van der Waals surface area contributed by atoms with Gasteiger partial charge in [-0.1, -0.05) is 24.3 Å². The summed E-state index contributed by atoms with van der Waals surface area (Å²) in [7, 11) is 1.80. The van der Waals surface area contributed by atoms with Gasteiger partial charge in [0.2, 0.25) is 0 Å². The maximum atomic E-state index is 13.4. The Hall–Kier alpha value is -3.18. The van der Waals surface area contributed by atoms with Crippen LogP contribution >= 0.6 is 0 Å². The minimum atomic E-state index is -4.98. The Bertz CT molecular complexity index is 1310. The standard InChI is InChI=1S/C22H18F6N4O/c1-32-16-8-3-2-7-15(16)30-19(32)11-29-10-17(33)13-9-18(22(26,27)28)31-20-12(13)5-4-6-14(20)21(23,24)25/h2-9,17,29,33H,10-11H2,1H3. The highest BCUT2D eigenvalue weighted by molar-refractivity contribution is 5.86. The van der Waals surface area contributed by atoms with Gasteiger partial charge in [0.1, 0.15) is 11.5 Å². The molecule has 0 saturated carbocycles. The van der Waals surface area contributed by atoms with Gasteiger partial charge in [-0.2, -0.15) is 26.3 Å². The van der Waals surface area contributed by atoms with Crippen LogP contribution in [0.5, 0.6) is 0 Å². The molecule has 0 aliphatic carbocycles. The van der Waals surface area contributed by atoms with E-state index >= 15 is 0 Å². The Kier molecular flexibility index (Phi) is 5.79. The summed E-state index contributed by atoms with van der Waals surface area (Å²) >= 11 is 0. The lowest BCUT2D eigenvalue weighted by atomic mass is 9.99. The van der Waals surface area contributed by atoms with Crippen molar-refractivity contribution in [1.29, 1.82) is 0 Å². The number of aliphatic hydroxyl groups excluding tert-OH is 1. The van der Waals surface area contributed by atoms with E-state index in [0.29, 0.717) is 18.0 Å². The normalized spacial score (nSPS) is 13.7. The number of hydrogen-bond acceptors (Lipinski definition) is 4. The van der Waals surface area contributed by atoms with Gasteiger partial charge in [0, 0.05) is 19.0 Å². The summed E-state index contributed by atoms with van der Waals surface area (Å²) in [4.78, 5) is 7.68. The molecule has 0 fully saturated rings. The number of rotatable bonds is 5. The van der Waals surface area contributed by atoms with Crippen LogP contribution < -0.4 is 5.32 Å². The fourth-order valence-corrected chi connectivity index (χ4v) is 3.71. The Morgan fingerprint density at radius 2 is 1.70 bits per heavy atom. The molecule has 4 aromatic rings. The topological polar surface area (TPSA) is 63.0 Å². The van der Waals surface area contributed by atoms with Crippen molar-refractivity contribution in [1.82, 2.24) is 19.9 Å². The maximum absolute atomic E-state index is 13.4. The molecule has 0 amide bonds. The molecule has 2 aromatic heterocycles. The zero-order valence-corrected chi connectivity index (χ0v) is 17.2. The van der Waals surface area contributed by atoms with Gasteiger partial charge in [-0.15, -0.1) is 0 Å². The largest absolute Gasteiger partial charge is 0.433 e. The first kappa shape index (κ1) is 23.0. The monoisotopic (exact) mass is 468 g/mol. The van der Waals surface area contributed by atoms with E-state index < -0.39 is 35.2 Å². The first-order chi connectivity index (χ1) is 15.5. The van der Waals surface area contributed by atoms with Crippen LogP contribution in [0.15, 0.2) is 48.5 Å². The number of fused-ring (bicyclic) bond motifs is 2. The van der Waals surface area contributed by atoms with E-state index in [9.17, 15) is 31.4 Å². The lowest BCUT2D eigenvalue weighted by Crippen LogP contribution is -2.23. The average molecular weight is 468 g/mol. The molecule has 2 aromatic carbocycles. The number of alkyl halides is 6. The third-order valence-corrected chi connectivity index (χ3v) is 5.33. The van der Waals surface area contributed by atoms with Gasteiger partial charge < -0.3 is 15.0 Å². The number of aliphatic hydroxyl groups is 1. The van der Waals surface area contributed by atoms with E-state index in [4.69, 9.17) is 0 Å². The molecule has 2 N–H and O–H groups in total.